The Morgan fingerprint density at radius 2 is 1.81 bits per heavy atom. The number of hydrogen-bond acceptors (Lipinski definition) is 4. The largest absolute Gasteiger partial charge is 0.452 e. The highest BCUT2D eigenvalue weighted by Gasteiger charge is 2.30. The van der Waals surface area contributed by atoms with E-state index in [-0.39, 0.29) is 24.3 Å². The van der Waals surface area contributed by atoms with Gasteiger partial charge in [-0.3, -0.25) is 14.4 Å². The maximum Gasteiger partial charge on any atom is 0.311 e. The van der Waals surface area contributed by atoms with Crippen molar-refractivity contribution in [2.24, 2.45) is 11.8 Å². The molecular formula is C21H30N2O4. The minimum absolute atomic E-state index is 0.0782. The van der Waals surface area contributed by atoms with Gasteiger partial charge < -0.3 is 15.4 Å². The van der Waals surface area contributed by atoms with Crippen LogP contribution in [0.4, 0.5) is 5.69 Å². The summed E-state index contributed by atoms with van der Waals surface area (Å²) in [6.07, 6.45) is 2.53. The van der Waals surface area contributed by atoms with Crippen molar-refractivity contribution in [1.29, 1.82) is 0 Å². The van der Waals surface area contributed by atoms with Crippen molar-refractivity contribution < 1.29 is 19.1 Å². The molecule has 4 atom stereocenters. The predicted octanol–water partition coefficient (Wildman–Crippen LogP) is 3.06. The monoisotopic (exact) mass is 374 g/mol. The average molecular weight is 374 g/mol. The minimum atomic E-state index is -0.819. The number of amides is 2. The number of nitrogens with one attached hydrogen (secondary N) is 2. The fourth-order valence-electron chi connectivity index (χ4n) is 3.45. The Morgan fingerprint density at radius 1 is 1.15 bits per heavy atom. The van der Waals surface area contributed by atoms with Crippen LogP contribution in [0.2, 0.25) is 0 Å². The summed E-state index contributed by atoms with van der Waals surface area (Å²) in [6.45, 7) is 7.41. The molecule has 1 aliphatic rings. The fourth-order valence-corrected chi connectivity index (χ4v) is 3.45. The Hall–Kier alpha value is -2.37. The van der Waals surface area contributed by atoms with Crippen molar-refractivity contribution in [3.05, 3.63) is 29.8 Å². The van der Waals surface area contributed by atoms with E-state index in [0.717, 1.165) is 18.4 Å². The van der Waals surface area contributed by atoms with Crippen molar-refractivity contribution in [2.75, 3.05) is 5.32 Å². The maximum atomic E-state index is 12.4. The highest BCUT2D eigenvalue weighted by Crippen LogP contribution is 2.29. The summed E-state index contributed by atoms with van der Waals surface area (Å²) in [5.74, 6) is 0.170. The van der Waals surface area contributed by atoms with Gasteiger partial charge >= 0.3 is 5.97 Å². The first-order valence-corrected chi connectivity index (χ1v) is 9.62. The molecule has 27 heavy (non-hydrogen) atoms. The molecule has 1 saturated carbocycles. The molecule has 0 spiro atoms. The molecule has 1 aromatic rings. The van der Waals surface area contributed by atoms with Gasteiger partial charge in [0, 0.05) is 18.7 Å². The van der Waals surface area contributed by atoms with E-state index in [2.05, 4.69) is 24.5 Å². The maximum absolute atomic E-state index is 12.4. The van der Waals surface area contributed by atoms with Crippen molar-refractivity contribution in [2.45, 2.75) is 65.5 Å². The molecule has 2 rings (SSSR count). The van der Waals surface area contributed by atoms with Crippen LogP contribution < -0.4 is 10.6 Å². The number of anilines is 1. The molecule has 1 fully saturated rings. The summed E-state index contributed by atoms with van der Waals surface area (Å²) < 4.78 is 5.29. The predicted molar refractivity (Wildman–Crippen MR) is 104 cm³/mol. The Balaban J connectivity index is 1.82. The molecule has 0 aromatic heterocycles. The van der Waals surface area contributed by atoms with Crippen LogP contribution in [0.1, 0.15) is 52.5 Å². The second-order valence-corrected chi connectivity index (χ2v) is 7.57. The third-order valence-corrected chi connectivity index (χ3v) is 5.33. The SMILES string of the molecule is CC(=O)Nc1ccc(CC(=O)O[C@H](C)C(=O)N[C@@H]2CCC[C@@H](C)[C@H]2C)cc1. The van der Waals surface area contributed by atoms with Gasteiger partial charge in [-0.15, -0.1) is 0 Å². The first-order chi connectivity index (χ1) is 12.8. The van der Waals surface area contributed by atoms with Gasteiger partial charge in [-0.1, -0.05) is 38.8 Å². The van der Waals surface area contributed by atoms with Gasteiger partial charge in [-0.25, -0.2) is 0 Å². The molecule has 0 unspecified atom stereocenters. The topological polar surface area (TPSA) is 84.5 Å². The van der Waals surface area contributed by atoms with Crippen LogP contribution in [-0.2, 0) is 25.5 Å². The van der Waals surface area contributed by atoms with Crippen molar-refractivity contribution in [1.82, 2.24) is 5.32 Å². The van der Waals surface area contributed by atoms with Crippen molar-refractivity contribution in [3.8, 4) is 0 Å². The van der Waals surface area contributed by atoms with E-state index in [1.54, 1.807) is 31.2 Å². The van der Waals surface area contributed by atoms with Crippen LogP contribution >= 0.6 is 0 Å². The molecule has 0 aliphatic heterocycles. The van der Waals surface area contributed by atoms with Gasteiger partial charge in [-0.05, 0) is 42.9 Å². The standard InChI is InChI=1S/C21H30N2O4/c1-13-6-5-7-19(14(13)2)23-21(26)15(3)27-20(25)12-17-8-10-18(11-9-17)22-16(4)24/h8-11,13-15,19H,5-7,12H2,1-4H3,(H,22,24)(H,23,26)/t13-,14-,15-,19-/m1/s1. The molecule has 2 amide bonds. The molecule has 0 heterocycles. The summed E-state index contributed by atoms with van der Waals surface area (Å²) in [7, 11) is 0. The van der Waals surface area contributed by atoms with Gasteiger partial charge in [0.1, 0.15) is 0 Å². The third kappa shape index (κ3) is 6.38. The number of benzene rings is 1. The summed E-state index contributed by atoms with van der Waals surface area (Å²) in [5, 5.41) is 5.71. The lowest BCUT2D eigenvalue weighted by molar-refractivity contribution is -0.154. The molecule has 6 nitrogen and oxygen atoms in total. The summed E-state index contributed by atoms with van der Waals surface area (Å²) >= 11 is 0. The Morgan fingerprint density at radius 3 is 2.44 bits per heavy atom. The van der Waals surface area contributed by atoms with E-state index in [9.17, 15) is 14.4 Å². The molecule has 2 N–H and O–H groups in total. The molecule has 0 saturated heterocycles. The molecule has 0 bridgehead atoms. The van der Waals surface area contributed by atoms with Gasteiger partial charge in [0.15, 0.2) is 6.10 Å². The fraction of sp³-hybridized carbons (Fsp3) is 0.571. The molecule has 148 valence electrons. The lowest BCUT2D eigenvalue weighted by atomic mass is 9.78. The summed E-state index contributed by atoms with van der Waals surface area (Å²) in [5.41, 5.74) is 1.43. The zero-order valence-corrected chi connectivity index (χ0v) is 16.6. The Kier molecular flexibility index (Phi) is 7.39. The highest BCUT2D eigenvalue weighted by atomic mass is 16.5. The van der Waals surface area contributed by atoms with E-state index in [0.29, 0.717) is 17.5 Å². The van der Waals surface area contributed by atoms with E-state index in [1.165, 1.54) is 13.3 Å². The molecule has 0 radical (unpaired) electrons. The zero-order chi connectivity index (χ0) is 20.0. The van der Waals surface area contributed by atoms with E-state index >= 15 is 0 Å². The van der Waals surface area contributed by atoms with Gasteiger partial charge in [-0.2, -0.15) is 0 Å². The van der Waals surface area contributed by atoms with Crippen LogP contribution in [0.3, 0.4) is 0 Å². The van der Waals surface area contributed by atoms with Crippen molar-refractivity contribution >= 4 is 23.5 Å². The number of carbonyl (C=O) groups is 3. The lowest BCUT2D eigenvalue weighted by Gasteiger charge is -2.35. The van der Waals surface area contributed by atoms with E-state index in [1.807, 2.05) is 0 Å². The van der Waals surface area contributed by atoms with Crippen LogP contribution in [-0.4, -0.2) is 29.9 Å². The van der Waals surface area contributed by atoms with Crippen LogP contribution in [0.15, 0.2) is 24.3 Å². The first kappa shape index (κ1) is 20.9. The Bertz CT molecular complexity index is 671. The average Bonchev–Trinajstić information content (AvgIpc) is 2.60. The zero-order valence-electron chi connectivity index (χ0n) is 16.6. The van der Waals surface area contributed by atoms with Gasteiger partial charge in [0.2, 0.25) is 5.91 Å². The van der Waals surface area contributed by atoms with E-state index in [4.69, 9.17) is 4.74 Å². The summed E-state index contributed by atoms with van der Waals surface area (Å²) in [4.78, 5) is 35.5. The molecule has 6 heteroatoms. The minimum Gasteiger partial charge on any atom is -0.452 e. The quantitative estimate of drug-likeness (QED) is 0.750. The lowest BCUT2D eigenvalue weighted by Crippen LogP contribution is -2.47. The van der Waals surface area contributed by atoms with Gasteiger partial charge in [0.05, 0.1) is 6.42 Å². The van der Waals surface area contributed by atoms with Crippen molar-refractivity contribution in [3.63, 3.8) is 0 Å². The second-order valence-electron chi connectivity index (χ2n) is 7.57. The number of ether oxygens (including phenoxy) is 1. The number of hydrogen-bond donors (Lipinski definition) is 2. The Labute approximate surface area is 161 Å². The molecule has 1 aromatic carbocycles. The third-order valence-electron chi connectivity index (χ3n) is 5.33. The normalized spacial score (nSPS) is 23.2. The smallest absolute Gasteiger partial charge is 0.311 e. The van der Waals surface area contributed by atoms with Crippen LogP contribution in [0, 0.1) is 11.8 Å². The van der Waals surface area contributed by atoms with E-state index < -0.39 is 12.1 Å². The first-order valence-electron chi connectivity index (χ1n) is 9.62. The second kappa shape index (κ2) is 9.53. The van der Waals surface area contributed by atoms with Gasteiger partial charge in [0.25, 0.3) is 5.91 Å². The van der Waals surface area contributed by atoms with Crippen LogP contribution in [0.5, 0.6) is 0 Å². The highest BCUT2D eigenvalue weighted by molar-refractivity contribution is 5.88. The van der Waals surface area contributed by atoms with Crippen LogP contribution in [0.25, 0.3) is 0 Å². The molecule has 1 aliphatic carbocycles. The molecular weight excluding hydrogens is 344 g/mol. The number of rotatable bonds is 6. The number of carbonyl (C=O) groups excluding carboxylic acids is 3. The summed E-state index contributed by atoms with van der Waals surface area (Å²) in [6, 6.07) is 7.10. The number of esters is 1.